The summed E-state index contributed by atoms with van der Waals surface area (Å²) in [5, 5.41) is 0. The molecule has 3 nitrogen and oxygen atoms in total. The molecule has 2 rings (SSSR count). The molecule has 0 saturated heterocycles. The van der Waals surface area contributed by atoms with E-state index in [1.165, 1.54) is 0 Å². The second kappa shape index (κ2) is 6.05. The molecule has 0 fully saturated rings. The van der Waals surface area contributed by atoms with Crippen LogP contribution in [0.1, 0.15) is 11.1 Å². The third-order valence-corrected chi connectivity index (χ3v) is 2.72. The van der Waals surface area contributed by atoms with Gasteiger partial charge >= 0.3 is 5.97 Å². The quantitative estimate of drug-likeness (QED) is 0.622. The first-order valence-corrected chi connectivity index (χ1v) is 6.11. The summed E-state index contributed by atoms with van der Waals surface area (Å²) in [6, 6.07) is 14.8. The summed E-state index contributed by atoms with van der Waals surface area (Å²) in [4.78, 5) is 11.7. The minimum absolute atomic E-state index is 0.0966. The fourth-order valence-corrected chi connectivity index (χ4v) is 1.81. The summed E-state index contributed by atoms with van der Waals surface area (Å²) < 4.78 is 10.7. The molecule has 98 valence electrons. The minimum Gasteiger partial charge on any atom is -0.481 e. The Balaban J connectivity index is 1.94. The summed E-state index contributed by atoms with van der Waals surface area (Å²) in [7, 11) is 0. The summed E-state index contributed by atoms with van der Waals surface area (Å²) in [5.41, 5.74) is 2.01. The fraction of sp³-hybridized carbons (Fsp3) is 0.188. The molecule has 0 spiro atoms. The molecule has 0 saturated carbocycles. The van der Waals surface area contributed by atoms with Crippen molar-refractivity contribution in [2.24, 2.45) is 0 Å². The number of para-hydroxylation sites is 2. The molecule has 19 heavy (non-hydrogen) atoms. The summed E-state index contributed by atoms with van der Waals surface area (Å²) in [5.74, 6) is 0.860. The van der Waals surface area contributed by atoms with Crippen molar-refractivity contribution in [1.82, 2.24) is 0 Å². The third kappa shape index (κ3) is 3.58. The molecule has 0 aliphatic rings. The number of aryl methyl sites for hydroxylation is 2. The fourth-order valence-electron chi connectivity index (χ4n) is 1.81. The number of carbonyl (C=O) groups is 1. The molecule has 0 atom stereocenters. The van der Waals surface area contributed by atoms with Crippen LogP contribution in [0.2, 0.25) is 0 Å². The van der Waals surface area contributed by atoms with E-state index >= 15 is 0 Å². The van der Waals surface area contributed by atoms with Gasteiger partial charge in [0, 0.05) is 0 Å². The van der Waals surface area contributed by atoms with E-state index in [0.29, 0.717) is 5.75 Å². The molecule has 0 heterocycles. The van der Waals surface area contributed by atoms with E-state index in [2.05, 4.69) is 0 Å². The normalized spacial score (nSPS) is 10.0. The number of rotatable bonds is 4. The van der Waals surface area contributed by atoms with Crippen LogP contribution < -0.4 is 9.47 Å². The lowest BCUT2D eigenvalue weighted by molar-refractivity contribution is -0.136. The zero-order valence-corrected chi connectivity index (χ0v) is 11.1. The smallest absolute Gasteiger partial charge is 0.349 e. The monoisotopic (exact) mass is 256 g/mol. The molecule has 0 aliphatic heterocycles. The number of esters is 1. The van der Waals surface area contributed by atoms with Crippen molar-refractivity contribution in [3.8, 4) is 11.5 Å². The Labute approximate surface area is 112 Å². The van der Waals surface area contributed by atoms with E-state index < -0.39 is 5.97 Å². The predicted molar refractivity (Wildman–Crippen MR) is 73.5 cm³/mol. The molecule has 0 aromatic heterocycles. The van der Waals surface area contributed by atoms with Gasteiger partial charge in [-0.1, -0.05) is 36.4 Å². The first-order chi connectivity index (χ1) is 9.16. The predicted octanol–water partition coefficient (Wildman–Crippen LogP) is 3.29. The lowest BCUT2D eigenvalue weighted by atomic mass is 10.1. The van der Waals surface area contributed by atoms with Crippen LogP contribution >= 0.6 is 0 Å². The Kier molecular flexibility index (Phi) is 4.18. The molecule has 2 aromatic carbocycles. The first kappa shape index (κ1) is 13.1. The molecular weight excluding hydrogens is 240 g/mol. The van der Waals surface area contributed by atoms with E-state index in [9.17, 15) is 4.79 Å². The highest BCUT2D eigenvalue weighted by Gasteiger charge is 2.08. The van der Waals surface area contributed by atoms with Crippen molar-refractivity contribution in [1.29, 1.82) is 0 Å². The van der Waals surface area contributed by atoms with E-state index in [1.807, 2.05) is 50.2 Å². The van der Waals surface area contributed by atoms with Crippen molar-refractivity contribution >= 4 is 5.97 Å². The largest absolute Gasteiger partial charge is 0.481 e. The zero-order chi connectivity index (χ0) is 13.7. The summed E-state index contributed by atoms with van der Waals surface area (Å²) in [6.07, 6.45) is 0. The SMILES string of the molecule is Cc1cccc(C)c1OCC(=O)Oc1ccccc1. The maximum absolute atomic E-state index is 11.7. The van der Waals surface area contributed by atoms with Gasteiger partial charge in [0.05, 0.1) is 0 Å². The minimum atomic E-state index is -0.408. The van der Waals surface area contributed by atoms with Gasteiger partial charge < -0.3 is 9.47 Å². The maximum Gasteiger partial charge on any atom is 0.349 e. The Hall–Kier alpha value is -2.29. The number of hydrogen-bond acceptors (Lipinski definition) is 3. The Morgan fingerprint density at radius 2 is 1.58 bits per heavy atom. The van der Waals surface area contributed by atoms with Gasteiger partial charge in [0.25, 0.3) is 0 Å². The van der Waals surface area contributed by atoms with E-state index in [4.69, 9.17) is 9.47 Å². The van der Waals surface area contributed by atoms with Crippen LogP contribution in [0, 0.1) is 13.8 Å². The lowest BCUT2D eigenvalue weighted by Crippen LogP contribution is -2.18. The Bertz CT molecular complexity index is 541. The zero-order valence-electron chi connectivity index (χ0n) is 11.1. The van der Waals surface area contributed by atoms with Crippen LogP contribution in [0.5, 0.6) is 11.5 Å². The first-order valence-electron chi connectivity index (χ1n) is 6.11. The Morgan fingerprint density at radius 3 is 2.21 bits per heavy atom. The third-order valence-electron chi connectivity index (χ3n) is 2.72. The van der Waals surface area contributed by atoms with Gasteiger partial charge in [0.1, 0.15) is 11.5 Å². The van der Waals surface area contributed by atoms with Gasteiger partial charge in [-0.25, -0.2) is 4.79 Å². The van der Waals surface area contributed by atoms with Crippen molar-refractivity contribution in [2.45, 2.75) is 13.8 Å². The van der Waals surface area contributed by atoms with E-state index in [-0.39, 0.29) is 6.61 Å². The lowest BCUT2D eigenvalue weighted by Gasteiger charge is -2.11. The average Bonchev–Trinajstić information content (AvgIpc) is 2.39. The van der Waals surface area contributed by atoms with Crippen molar-refractivity contribution in [2.75, 3.05) is 6.61 Å². The summed E-state index contributed by atoms with van der Waals surface area (Å²) >= 11 is 0. The molecule has 0 unspecified atom stereocenters. The van der Waals surface area contributed by atoms with Crippen molar-refractivity contribution in [3.05, 3.63) is 59.7 Å². The highest BCUT2D eigenvalue weighted by molar-refractivity contribution is 5.74. The maximum atomic E-state index is 11.7. The molecule has 0 N–H and O–H groups in total. The van der Waals surface area contributed by atoms with Crippen LogP contribution in [0.4, 0.5) is 0 Å². The van der Waals surface area contributed by atoms with Gasteiger partial charge in [0.15, 0.2) is 6.61 Å². The molecule has 3 heteroatoms. The average molecular weight is 256 g/mol. The second-order valence-corrected chi connectivity index (χ2v) is 4.30. The second-order valence-electron chi connectivity index (χ2n) is 4.30. The van der Waals surface area contributed by atoms with Crippen molar-refractivity contribution < 1.29 is 14.3 Å². The molecule has 0 radical (unpaired) electrons. The van der Waals surface area contributed by atoms with Gasteiger partial charge in [-0.05, 0) is 37.1 Å². The molecule has 2 aromatic rings. The number of carbonyl (C=O) groups excluding carboxylic acids is 1. The van der Waals surface area contributed by atoms with Gasteiger partial charge in [0.2, 0.25) is 0 Å². The van der Waals surface area contributed by atoms with Crippen molar-refractivity contribution in [3.63, 3.8) is 0 Å². The Morgan fingerprint density at radius 1 is 0.947 bits per heavy atom. The highest BCUT2D eigenvalue weighted by atomic mass is 16.6. The van der Waals surface area contributed by atoms with Gasteiger partial charge in [-0.3, -0.25) is 0 Å². The van der Waals surface area contributed by atoms with E-state index in [1.54, 1.807) is 12.1 Å². The van der Waals surface area contributed by atoms with Gasteiger partial charge in [-0.15, -0.1) is 0 Å². The molecule has 0 amide bonds. The number of benzene rings is 2. The molecule has 0 bridgehead atoms. The highest BCUT2D eigenvalue weighted by Crippen LogP contribution is 2.22. The summed E-state index contributed by atoms with van der Waals surface area (Å²) in [6.45, 7) is 3.80. The van der Waals surface area contributed by atoms with E-state index in [0.717, 1.165) is 16.9 Å². The number of ether oxygens (including phenoxy) is 2. The van der Waals surface area contributed by atoms with Crippen LogP contribution in [0.15, 0.2) is 48.5 Å². The topological polar surface area (TPSA) is 35.5 Å². The molecule has 0 aliphatic carbocycles. The van der Waals surface area contributed by atoms with Crippen LogP contribution in [-0.4, -0.2) is 12.6 Å². The standard InChI is InChI=1S/C16H16O3/c1-12-7-6-8-13(2)16(12)18-11-15(17)19-14-9-4-3-5-10-14/h3-10H,11H2,1-2H3. The van der Waals surface area contributed by atoms with Gasteiger partial charge in [-0.2, -0.15) is 0 Å². The van der Waals surface area contributed by atoms with Crippen LogP contribution in [-0.2, 0) is 4.79 Å². The van der Waals surface area contributed by atoms with Crippen LogP contribution in [0.25, 0.3) is 0 Å². The molecular formula is C16H16O3. The van der Waals surface area contributed by atoms with Crippen LogP contribution in [0.3, 0.4) is 0 Å². The number of hydrogen-bond donors (Lipinski definition) is 0.